The Morgan fingerprint density at radius 2 is 1.83 bits per heavy atom. The van der Waals surface area contributed by atoms with Gasteiger partial charge in [0.05, 0.1) is 0 Å². The molecule has 0 atom stereocenters. The van der Waals surface area contributed by atoms with Gasteiger partial charge in [-0.3, -0.25) is 4.79 Å². The van der Waals surface area contributed by atoms with E-state index < -0.39 is 0 Å². The number of alkyl halides is 1. The van der Waals surface area contributed by atoms with E-state index in [1.807, 2.05) is 35.0 Å². The van der Waals surface area contributed by atoms with Gasteiger partial charge in [-0.15, -0.1) is 11.6 Å². The molecule has 0 radical (unpaired) electrons. The molecule has 0 unspecified atom stereocenters. The van der Waals surface area contributed by atoms with E-state index in [1.165, 1.54) is 5.56 Å². The number of aryl methyl sites for hydroxylation is 2. The Labute approximate surface area is 150 Å². The summed E-state index contributed by atoms with van der Waals surface area (Å²) < 4.78 is 7.36. The predicted molar refractivity (Wildman–Crippen MR) is 99.1 cm³/mol. The van der Waals surface area contributed by atoms with Crippen molar-refractivity contribution >= 4 is 22.9 Å². The van der Waals surface area contributed by atoms with Crippen LogP contribution in [0.3, 0.4) is 0 Å². The van der Waals surface area contributed by atoms with Crippen LogP contribution in [0.4, 0.5) is 0 Å². The topological polar surface area (TPSA) is 31.2 Å². The van der Waals surface area contributed by atoms with Gasteiger partial charge in [0, 0.05) is 24.7 Å². The minimum Gasteiger partial charge on any atom is -0.489 e. The third-order valence-corrected chi connectivity index (χ3v) is 4.81. The number of benzene rings is 1. The monoisotopic (exact) mass is 359 g/mol. The second kappa shape index (κ2) is 8.18. The number of aromatic nitrogens is 1. The molecule has 2 aromatic heterocycles. The number of hydrogen-bond acceptors (Lipinski definition) is 3. The van der Waals surface area contributed by atoms with Gasteiger partial charge >= 0.3 is 0 Å². The van der Waals surface area contributed by atoms with Gasteiger partial charge in [0.2, 0.25) is 0 Å². The molecule has 1 aromatic carbocycles. The highest BCUT2D eigenvalue weighted by molar-refractivity contribution is 7.07. The maximum atomic E-state index is 12.2. The Bertz CT molecular complexity index is 825. The predicted octanol–water partition coefficient (Wildman–Crippen LogP) is 4.47. The van der Waals surface area contributed by atoms with Gasteiger partial charge in [-0.25, -0.2) is 0 Å². The Kier molecular flexibility index (Phi) is 5.72. The van der Waals surface area contributed by atoms with E-state index >= 15 is 0 Å². The number of hydrogen-bond donors (Lipinski definition) is 0. The van der Waals surface area contributed by atoms with Crippen LogP contribution in [0.15, 0.2) is 64.2 Å². The molecule has 0 spiro atoms. The van der Waals surface area contributed by atoms with Crippen LogP contribution in [0.25, 0.3) is 0 Å². The van der Waals surface area contributed by atoms with Crippen molar-refractivity contribution in [2.24, 2.45) is 0 Å². The number of rotatable bonds is 7. The van der Waals surface area contributed by atoms with Crippen molar-refractivity contribution in [1.29, 1.82) is 0 Å². The summed E-state index contributed by atoms with van der Waals surface area (Å²) in [5.74, 6) is 1.13. The zero-order valence-corrected chi connectivity index (χ0v) is 14.7. The molecule has 0 fully saturated rings. The van der Waals surface area contributed by atoms with Crippen LogP contribution in [-0.4, -0.2) is 4.57 Å². The minimum absolute atomic E-state index is 0.0461. The first kappa shape index (κ1) is 16.8. The molecule has 5 heteroatoms. The third-order valence-electron chi connectivity index (χ3n) is 3.77. The van der Waals surface area contributed by atoms with Crippen LogP contribution in [0, 0.1) is 0 Å². The van der Waals surface area contributed by atoms with Crippen LogP contribution < -0.4 is 10.3 Å². The summed E-state index contributed by atoms with van der Waals surface area (Å²) >= 11 is 7.42. The zero-order valence-electron chi connectivity index (χ0n) is 13.2. The fourth-order valence-electron chi connectivity index (χ4n) is 2.35. The Hall–Kier alpha value is -2.04. The summed E-state index contributed by atoms with van der Waals surface area (Å²) in [6.07, 6.45) is 2.59. The van der Waals surface area contributed by atoms with Crippen molar-refractivity contribution in [2.75, 3.05) is 0 Å². The van der Waals surface area contributed by atoms with E-state index in [9.17, 15) is 4.79 Å². The van der Waals surface area contributed by atoms with Gasteiger partial charge in [0.15, 0.2) is 0 Å². The van der Waals surface area contributed by atoms with Crippen molar-refractivity contribution in [3.8, 4) is 5.75 Å². The highest BCUT2D eigenvalue weighted by Gasteiger charge is 2.02. The summed E-state index contributed by atoms with van der Waals surface area (Å²) in [5, 5.41) is 4.05. The standard InChI is InChI=1S/C19H18ClNO2S/c20-12-16-3-1-15(2-4-16)5-8-21-9-6-18(11-19(21)22)23-13-17-7-10-24-14-17/h1-4,6-7,9-11,14H,5,8,12-13H2. The minimum atomic E-state index is -0.0461. The van der Waals surface area contributed by atoms with Crippen molar-refractivity contribution in [2.45, 2.75) is 25.5 Å². The Morgan fingerprint density at radius 3 is 2.50 bits per heavy atom. The van der Waals surface area contributed by atoms with Gasteiger partial charge in [-0.2, -0.15) is 11.3 Å². The molecule has 0 saturated carbocycles. The lowest BCUT2D eigenvalue weighted by molar-refractivity contribution is 0.305. The molecule has 3 aromatic rings. The molecule has 0 aliphatic heterocycles. The lowest BCUT2D eigenvalue weighted by Crippen LogP contribution is -2.19. The molecule has 24 heavy (non-hydrogen) atoms. The first-order chi connectivity index (χ1) is 11.7. The molecule has 3 rings (SSSR count). The number of thiophene rings is 1. The molecule has 0 amide bonds. The summed E-state index contributed by atoms with van der Waals surface area (Å²) in [7, 11) is 0. The number of pyridine rings is 1. The van der Waals surface area contributed by atoms with E-state index in [-0.39, 0.29) is 5.56 Å². The second-order valence-corrected chi connectivity index (χ2v) is 6.56. The third kappa shape index (κ3) is 4.49. The molecular formula is C19H18ClNO2S. The molecular weight excluding hydrogens is 342 g/mol. The van der Waals surface area contributed by atoms with E-state index in [0.717, 1.165) is 17.5 Å². The van der Waals surface area contributed by atoms with E-state index in [1.54, 1.807) is 28.2 Å². The van der Waals surface area contributed by atoms with Gasteiger partial charge in [0.25, 0.3) is 5.56 Å². The summed E-state index contributed by atoms with van der Waals surface area (Å²) in [4.78, 5) is 12.2. The van der Waals surface area contributed by atoms with Crippen LogP contribution in [-0.2, 0) is 25.5 Å². The summed E-state index contributed by atoms with van der Waals surface area (Å²) in [6.45, 7) is 1.13. The molecule has 0 N–H and O–H groups in total. The maximum absolute atomic E-state index is 12.2. The van der Waals surface area contributed by atoms with Crippen molar-refractivity contribution in [3.63, 3.8) is 0 Å². The van der Waals surface area contributed by atoms with Crippen molar-refractivity contribution < 1.29 is 4.74 Å². The van der Waals surface area contributed by atoms with Gasteiger partial charge in [0.1, 0.15) is 12.4 Å². The summed E-state index contributed by atoms with van der Waals surface area (Å²) in [6, 6.07) is 13.6. The molecule has 124 valence electrons. The smallest absolute Gasteiger partial charge is 0.254 e. The molecule has 0 saturated heterocycles. The fraction of sp³-hybridized carbons (Fsp3) is 0.211. The number of ether oxygens (including phenoxy) is 1. The average Bonchev–Trinajstić information content (AvgIpc) is 3.13. The highest BCUT2D eigenvalue weighted by Crippen LogP contribution is 2.12. The SMILES string of the molecule is O=c1cc(OCc2ccsc2)ccn1CCc1ccc(CCl)cc1. The first-order valence-corrected chi connectivity index (χ1v) is 9.20. The number of halogens is 1. The summed E-state index contributed by atoms with van der Waals surface area (Å²) in [5.41, 5.74) is 3.36. The fourth-order valence-corrected chi connectivity index (χ4v) is 3.18. The van der Waals surface area contributed by atoms with Crippen LogP contribution >= 0.6 is 22.9 Å². The first-order valence-electron chi connectivity index (χ1n) is 7.73. The van der Waals surface area contributed by atoms with E-state index in [0.29, 0.717) is 24.8 Å². The van der Waals surface area contributed by atoms with Gasteiger partial charge in [-0.1, -0.05) is 24.3 Å². The Morgan fingerprint density at radius 1 is 1.04 bits per heavy atom. The zero-order chi connectivity index (χ0) is 16.8. The lowest BCUT2D eigenvalue weighted by Gasteiger charge is -2.09. The van der Waals surface area contributed by atoms with Crippen LogP contribution in [0.1, 0.15) is 16.7 Å². The molecule has 3 nitrogen and oxygen atoms in total. The van der Waals surface area contributed by atoms with Crippen molar-refractivity contribution in [3.05, 3.63) is 86.5 Å². The van der Waals surface area contributed by atoms with Gasteiger partial charge < -0.3 is 9.30 Å². The average molecular weight is 360 g/mol. The highest BCUT2D eigenvalue weighted by atomic mass is 35.5. The quantitative estimate of drug-likeness (QED) is 0.583. The largest absolute Gasteiger partial charge is 0.489 e. The second-order valence-electron chi connectivity index (χ2n) is 5.51. The van der Waals surface area contributed by atoms with E-state index in [2.05, 4.69) is 12.1 Å². The number of nitrogens with zero attached hydrogens (tertiary/aromatic N) is 1. The molecule has 0 bridgehead atoms. The normalized spacial score (nSPS) is 10.7. The Balaban J connectivity index is 1.58. The van der Waals surface area contributed by atoms with E-state index in [4.69, 9.17) is 16.3 Å². The molecule has 0 aliphatic carbocycles. The molecule has 0 aliphatic rings. The van der Waals surface area contributed by atoms with Crippen LogP contribution in [0.5, 0.6) is 5.75 Å². The van der Waals surface area contributed by atoms with Crippen LogP contribution in [0.2, 0.25) is 0 Å². The van der Waals surface area contributed by atoms with Crippen molar-refractivity contribution in [1.82, 2.24) is 4.57 Å². The molecule has 2 heterocycles. The lowest BCUT2D eigenvalue weighted by atomic mass is 10.1. The maximum Gasteiger partial charge on any atom is 0.254 e. The van der Waals surface area contributed by atoms with Gasteiger partial charge in [-0.05, 0) is 46.0 Å².